The largest absolute Gasteiger partial charge is 0.342 e. The Morgan fingerprint density at radius 3 is 2.48 bits per heavy atom. The minimum Gasteiger partial charge on any atom is -0.342 e. The molecular formula is C15H24N4O2. The van der Waals surface area contributed by atoms with E-state index >= 15 is 0 Å². The van der Waals surface area contributed by atoms with E-state index in [1.54, 1.807) is 13.1 Å². The van der Waals surface area contributed by atoms with Crippen molar-refractivity contribution in [3.05, 3.63) is 17.5 Å². The van der Waals surface area contributed by atoms with Crippen LogP contribution < -0.4 is 5.32 Å². The maximum absolute atomic E-state index is 12.2. The Morgan fingerprint density at radius 1 is 1.33 bits per heavy atom. The van der Waals surface area contributed by atoms with Crippen LogP contribution in [0.2, 0.25) is 0 Å². The first-order valence-electron chi connectivity index (χ1n) is 7.43. The molecule has 116 valence electrons. The van der Waals surface area contributed by atoms with Crippen LogP contribution in [0.15, 0.2) is 6.07 Å². The third-order valence-corrected chi connectivity index (χ3v) is 3.86. The van der Waals surface area contributed by atoms with E-state index in [9.17, 15) is 9.59 Å². The molecular weight excluding hydrogens is 268 g/mol. The number of hydrogen-bond acceptors (Lipinski definition) is 3. The van der Waals surface area contributed by atoms with Gasteiger partial charge >= 0.3 is 0 Å². The molecule has 2 atom stereocenters. The summed E-state index contributed by atoms with van der Waals surface area (Å²) in [5.41, 5.74) is 1.26. The van der Waals surface area contributed by atoms with Crippen molar-refractivity contribution in [3.63, 3.8) is 0 Å². The number of rotatable bonds is 3. The number of aromatic nitrogens is 2. The summed E-state index contributed by atoms with van der Waals surface area (Å²) in [6.07, 6.45) is 1.16. The zero-order valence-electron chi connectivity index (χ0n) is 13.2. The number of carbonyl (C=O) groups excluding carboxylic acids is 2. The molecule has 0 radical (unpaired) electrons. The van der Waals surface area contributed by atoms with Gasteiger partial charge in [-0.2, -0.15) is 5.10 Å². The summed E-state index contributed by atoms with van der Waals surface area (Å²) in [5.74, 6) is 0.770. The monoisotopic (exact) mass is 292 g/mol. The highest BCUT2D eigenvalue weighted by atomic mass is 16.2. The van der Waals surface area contributed by atoms with E-state index in [-0.39, 0.29) is 18.4 Å². The first-order valence-corrected chi connectivity index (χ1v) is 7.43. The Hall–Kier alpha value is -1.85. The van der Waals surface area contributed by atoms with Crippen LogP contribution in [-0.4, -0.2) is 46.1 Å². The highest BCUT2D eigenvalue weighted by Crippen LogP contribution is 2.20. The number of aryl methyl sites for hydroxylation is 2. The van der Waals surface area contributed by atoms with Crippen molar-refractivity contribution in [2.24, 2.45) is 18.9 Å². The van der Waals surface area contributed by atoms with Crippen molar-refractivity contribution in [1.82, 2.24) is 20.0 Å². The highest BCUT2D eigenvalue weighted by molar-refractivity contribution is 5.95. The molecule has 6 heteroatoms. The molecule has 1 fully saturated rings. The SMILES string of the molecule is Cc1cc(C(=O)NCC(=O)N2C[C@H](C)C[C@@H](C)C2)n(C)n1. The summed E-state index contributed by atoms with van der Waals surface area (Å²) in [4.78, 5) is 26.1. The molecule has 1 saturated heterocycles. The number of hydrogen-bond donors (Lipinski definition) is 1. The molecule has 1 aliphatic rings. The molecule has 1 aliphatic heterocycles. The lowest BCUT2D eigenvalue weighted by atomic mass is 9.92. The third-order valence-electron chi connectivity index (χ3n) is 3.86. The van der Waals surface area contributed by atoms with E-state index in [4.69, 9.17) is 0 Å². The quantitative estimate of drug-likeness (QED) is 0.902. The van der Waals surface area contributed by atoms with E-state index in [1.165, 1.54) is 4.68 Å². The molecule has 2 amide bonds. The topological polar surface area (TPSA) is 67.2 Å². The smallest absolute Gasteiger partial charge is 0.269 e. The van der Waals surface area contributed by atoms with Crippen molar-refractivity contribution in [1.29, 1.82) is 0 Å². The Morgan fingerprint density at radius 2 is 1.95 bits per heavy atom. The van der Waals surface area contributed by atoms with Crippen molar-refractivity contribution >= 4 is 11.8 Å². The average molecular weight is 292 g/mol. The van der Waals surface area contributed by atoms with Crippen molar-refractivity contribution in [2.75, 3.05) is 19.6 Å². The van der Waals surface area contributed by atoms with Crippen LogP contribution in [0.25, 0.3) is 0 Å². The second kappa shape index (κ2) is 6.28. The molecule has 21 heavy (non-hydrogen) atoms. The van der Waals surface area contributed by atoms with Crippen LogP contribution in [0.5, 0.6) is 0 Å². The fourth-order valence-electron chi connectivity index (χ4n) is 3.05. The summed E-state index contributed by atoms with van der Waals surface area (Å²) in [6, 6.07) is 1.71. The molecule has 2 rings (SSSR count). The van der Waals surface area contributed by atoms with Gasteiger partial charge < -0.3 is 10.2 Å². The second-order valence-corrected chi connectivity index (χ2v) is 6.22. The molecule has 0 aromatic carbocycles. The predicted molar refractivity (Wildman–Crippen MR) is 79.8 cm³/mol. The highest BCUT2D eigenvalue weighted by Gasteiger charge is 2.25. The molecule has 0 spiro atoms. The van der Waals surface area contributed by atoms with Crippen LogP contribution in [0.4, 0.5) is 0 Å². The summed E-state index contributed by atoms with van der Waals surface area (Å²) in [6.45, 7) is 7.76. The van der Waals surface area contributed by atoms with Gasteiger partial charge in [0.2, 0.25) is 5.91 Å². The van der Waals surface area contributed by atoms with Crippen LogP contribution in [0.1, 0.15) is 36.5 Å². The molecule has 2 heterocycles. The minimum absolute atomic E-state index is 0.0133. The van der Waals surface area contributed by atoms with E-state index < -0.39 is 0 Å². The molecule has 1 N–H and O–H groups in total. The van der Waals surface area contributed by atoms with Gasteiger partial charge in [0.25, 0.3) is 5.91 Å². The van der Waals surface area contributed by atoms with Gasteiger partial charge in [-0.1, -0.05) is 13.8 Å². The number of nitrogens with zero attached hydrogens (tertiary/aromatic N) is 3. The van der Waals surface area contributed by atoms with Crippen LogP contribution in [0.3, 0.4) is 0 Å². The Labute approximate surface area is 125 Å². The standard InChI is InChI=1S/C15H24N4O2/c1-10-5-11(2)9-19(8-10)14(20)7-16-15(21)13-6-12(3)17-18(13)4/h6,10-11H,5,7-9H2,1-4H3,(H,16,21)/t10-,11-/m1/s1. The fourth-order valence-corrected chi connectivity index (χ4v) is 3.05. The van der Waals surface area contributed by atoms with Gasteiger partial charge in [0.1, 0.15) is 5.69 Å². The van der Waals surface area contributed by atoms with E-state index in [0.29, 0.717) is 17.5 Å². The fraction of sp³-hybridized carbons (Fsp3) is 0.667. The lowest BCUT2D eigenvalue weighted by molar-refractivity contribution is -0.132. The van der Waals surface area contributed by atoms with Gasteiger partial charge in [-0.05, 0) is 31.2 Å². The van der Waals surface area contributed by atoms with Gasteiger partial charge in [0, 0.05) is 20.1 Å². The van der Waals surface area contributed by atoms with Crippen molar-refractivity contribution < 1.29 is 9.59 Å². The molecule has 1 aromatic rings. The van der Waals surface area contributed by atoms with Gasteiger partial charge in [0.15, 0.2) is 0 Å². The maximum atomic E-state index is 12.2. The van der Waals surface area contributed by atoms with Gasteiger partial charge in [-0.15, -0.1) is 0 Å². The van der Waals surface area contributed by atoms with Crippen LogP contribution >= 0.6 is 0 Å². The Kier molecular flexibility index (Phi) is 4.65. The lowest BCUT2D eigenvalue weighted by Gasteiger charge is -2.35. The van der Waals surface area contributed by atoms with Gasteiger partial charge in [0.05, 0.1) is 12.2 Å². The summed E-state index contributed by atoms with van der Waals surface area (Å²) in [5, 5.41) is 6.82. The van der Waals surface area contributed by atoms with Gasteiger partial charge in [-0.3, -0.25) is 14.3 Å². The zero-order chi connectivity index (χ0) is 15.6. The number of likely N-dealkylation sites (tertiary alicyclic amines) is 1. The maximum Gasteiger partial charge on any atom is 0.269 e. The molecule has 0 saturated carbocycles. The average Bonchev–Trinajstić information content (AvgIpc) is 2.73. The summed E-state index contributed by atoms with van der Waals surface area (Å²) in [7, 11) is 1.72. The summed E-state index contributed by atoms with van der Waals surface area (Å²) >= 11 is 0. The Bertz CT molecular complexity index is 528. The minimum atomic E-state index is -0.260. The summed E-state index contributed by atoms with van der Waals surface area (Å²) < 4.78 is 1.53. The first-order chi connectivity index (χ1) is 9.86. The van der Waals surface area contributed by atoms with E-state index in [0.717, 1.165) is 25.2 Å². The lowest BCUT2D eigenvalue weighted by Crippen LogP contribution is -2.47. The first kappa shape index (κ1) is 15.5. The van der Waals surface area contributed by atoms with E-state index in [1.807, 2.05) is 11.8 Å². The van der Waals surface area contributed by atoms with E-state index in [2.05, 4.69) is 24.3 Å². The van der Waals surface area contributed by atoms with Crippen LogP contribution in [0, 0.1) is 18.8 Å². The molecule has 0 bridgehead atoms. The number of carbonyl (C=O) groups is 2. The molecule has 0 unspecified atom stereocenters. The number of nitrogens with one attached hydrogen (secondary N) is 1. The predicted octanol–water partition coefficient (Wildman–Crippen LogP) is 0.963. The molecule has 1 aromatic heterocycles. The Balaban J connectivity index is 1.89. The third kappa shape index (κ3) is 3.83. The van der Waals surface area contributed by atoms with Crippen molar-refractivity contribution in [3.8, 4) is 0 Å². The molecule has 6 nitrogen and oxygen atoms in total. The second-order valence-electron chi connectivity index (χ2n) is 6.22. The van der Waals surface area contributed by atoms with Gasteiger partial charge in [-0.25, -0.2) is 0 Å². The molecule has 0 aliphatic carbocycles. The number of piperidine rings is 1. The normalized spacial score (nSPS) is 22.2. The number of amides is 2. The van der Waals surface area contributed by atoms with Crippen LogP contribution in [-0.2, 0) is 11.8 Å². The zero-order valence-corrected chi connectivity index (χ0v) is 13.2. The van der Waals surface area contributed by atoms with Crippen molar-refractivity contribution in [2.45, 2.75) is 27.2 Å².